The van der Waals surface area contributed by atoms with Gasteiger partial charge < -0.3 is 20.2 Å². The fourth-order valence-corrected chi connectivity index (χ4v) is 4.75. The van der Waals surface area contributed by atoms with Gasteiger partial charge in [0, 0.05) is 31.7 Å². The largest absolute Gasteiger partial charge is 0.465 e. The van der Waals surface area contributed by atoms with Gasteiger partial charge in [0.25, 0.3) is 5.91 Å². The van der Waals surface area contributed by atoms with Crippen molar-refractivity contribution in [3.63, 3.8) is 0 Å². The predicted molar refractivity (Wildman–Crippen MR) is 149 cm³/mol. The summed E-state index contributed by atoms with van der Waals surface area (Å²) in [5, 5.41) is 20.7. The molecule has 2 aromatic heterocycles. The fraction of sp³-hybridized carbons (Fsp3) is 0.500. The van der Waals surface area contributed by atoms with E-state index in [1.54, 1.807) is 17.1 Å². The number of rotatable bonds is 5. The third kappa shape index (κ3) is 6.18. The number of amides is 2. The number of benzene rings is 1. The number of nitrogens with one attached hydrogen (secondary N) is 1. The van der Waals surface area contributed by atoms with Gasteiger partial charge in [0.15, 0.2) is 5.69 Å². The van der Waals surface area contributed by atoms with Crippen molar-refractivity contribution >= 4 is 17.7 Å². The number of carboxylic acid groups (broad SMARTS) is 1. The van der Waals surface area contributed by atoms with Gasteiger partial charge >= 0.3 is 6.09 Å². The summed E-state index contributed by atoms with van der Waals surface area (Å²) in [6, 6.07) is 5.86. The van der Waals surface area contributed by atoms with E-state index in [2.05, 4.69) is 57.3 Å². The second-order valence-electron chi connectivity index (χ2n) is 12.1. The Hall–Kier alpha value is -4.02. The number of hydrogen-bond acceptors (Lipinski definition) is 7. The third-order valence-corrected chi connectivity index (χ3v) is 7.13. The van der Waals surface area contributed by atoms with Gasteiger partial charge in [-0.3, -0.25) is 4.79 Å². The van der Waals surface area contributed by atoms with Crippen molar-refractivity contribution in [2.24, 2.45) is 5.41 Å². The van der Waals surface area contributed by atoms with E-state index in [1.807, 2.05) is 39.8 Å². The van der Waals surface area contributed by atoms with Crippen LogP contribution in [0.4, 0.5) is 10.5 Å². The molecule has 2 amide bonds. The zero-order valence-corrected chi connectivity index (χ0v) is 23.8. The smallest absolute Gasteiger partial charge is 0.407 e. The highest BCUT2D eigenvalue weighted by atomic mass is 16.4. The average molecular weight is 535 g/mol. The summed E-state index contributed by atoms with van der Waals surface area (Å²) >= 11 is 0. The van der Waals surface area contributed by atoms with Gasteiger partial charge in [-0.15, -0.1) is 5.10 Å². The molecule has 0 bridgehead atoms. The van der Waals surface area contributed by atoms with Crippen LogP contribution in [0.1, 0.15) is 63.2 Å². The molecule has 0 aliphatic carbocycles. The molecule has 39 heavy (non-hydrogen) atoms. The van der Waals surface area contributed by atoms with E-state index in [-0.39, 0.29) is 28.6 Å². The molecule has 11 heteroatoms. The first-order chi connectivity index (χ1) is 18.3. The van der Waals surface area contributed by atoms with E-state index in [0.717, 1.165) is 28.1 Å². The van der Waals surface area contributed by atoms with Crippen LogP contribution in [0.2, 0.25) is 0 Å². The molecule has 1 aliphatic rings. The van der Waals surface area contributed by atoms with E-state index in [9.17, 15) is 14.7 Å². The summed E-state index contributed by atoms with van der Waals surface area (Å²) in [5.74, 6) is -0.277. The highest BCUT2D eigenvalue weighted by molar-refractivity contribution is 5.91. The summed E-state index contributed by atoms with van der Waals surface area (Å²) in [5.41, 5.74) is 4.39. The molecular weight excluding hydrogens is 496 g/mol. The number of aromatic nitrogens is 5. The van der Waals surface area contributed by atoms with Crippen LogP contribution in [0.5, 0.6) is 0 Å². The molecule has 3 heterocycles. The molecular formula is C28H38N8O3. The van der Waals surface area contributed by atoms with Crippen LogP contribution in [0.15, 0.2) is 36.9 Å². The van der Waals surface area contributed by atoms with Crippen LogP contribution in [0.25, 0.3) is 11.3 Å². The van der Waals surface area contributed by atoms with Gasteiger partial charge in [-0.05, 0) is 50.3 Å². The van der Waals surface area contributed by atoms with Crippen LogP contribution in [0.3, 0.4) is 0 Å². The van der Waals surface area contributed by atoms with Gasteiger partial charge in [0.1, 0.15) is 6.33 Å². The minimum Gasteiger partial charge on any atom is -0.465 e. The van der Waals surface area contributed by atoms with Crippen LogP contribution >= 0.6 is 0 Å². The molecule has 4 rings (SSSR count). The lowest BCUT2D eigenvalue weighted by Gasteiger charge is -2.46. The topological polar surface area (TPSA) is 129 Å². The Bertz CT molecular complexity index is 1360. The molecule has 1 aromatic carbocycles. The molecule has 1 fully saturated rings. The number of aryl methyl sites for hydroxylation is 1. The molecule has 3 aromatic rings. The maximum Gasteiger partial charge on any atom is 0.407 e. The number of carbonyl (C=O) groups is 2. The van der Waals surface area contributed by atoms with Crippen molar-refractivity contribution in [1.82, 2.24) is 35.2 Å². The van der Waals surface area contributed by atoms with Gasteiger partial charge in [-0.25, -0.2) is 19.4 Å². The Balaban J connectivity index is 1.51. The molecule has 0 radical (unpaired) electrons. The number of piperazine rings is 1. The van der Waals surface area contributed by atoms with E-state index in [1.165, 1.54) is 11.2 Å². The molecule has 11 nitrogen and oxygen atoms in total. The molecule has 208 valence electrons. The normalized spacial score (nSPS) is 16.3. The third-order valence-electron chi connectivity index (χ3n) is 7.13. The van der Waals surface area contributed by atoms with Crippen molar-refractivity contribution in [2.45, 2.75) is 66.6 Å². The second-order valence-corrected chi connectivity index (χ2v) is 12.1. The Morgan fingerprint density at radius 3 is 2.49 bits per heavy atom. The highest BCUT2D eigenvalue weighted by Crippen LogP contribution is 2.34. The highest BCUT2D eigenvalue weighted by Gasteiger charge is 2.38. The lowest BCUT2D eigenvalue weighted by atomic mass is 9.84. The van der Waals surface area contributed by atoms with Crippen molar-refractivity contribution < 1.29 is 14.7 Å². The zero-order valence-electron chi connectivity index (χ0n) is 23.8. The molecule has 1 atom stereocenters. The number of nitrogens with zero attached hydrogens (tertiary/aromatic N) is 7. The second kappa shape index (κ2) is 10.6. The SMILES string of the molecule is Cc1cc(-c2ncncc2N2CCN(C(=O)O)C(C(C)(C)C)C2)ccc1CNC(=O)c1cn(C(C)(C)C)nn1. The first-order valence-corrected chi connectivity index (χ1v) is 13.1. The Kier molecular flexibility index (Phi) is 7.63. The summed E-state index contributed by atoms with van der Waals surface area (Å²) in [7, 11) is 0. The quantitative estimate of drug-likeness (QED) is 0.504. The summed E-state index contributed by atoms with van der Waals surface area (Å²) in [6.07, 6.45) is 4.09. The standard InChI is InChI=1S/C28H38N8O3/c1-18-12-19(8-9-20(18)13-30-25(37)21-15-36(33-32-21)28(5,6)7)24-22(14-29-17-31-24)34-10-11-35(26(38)39)23(16-34)27(2,3)4/h8-9,12,14-15,17,23H,10-11,13,16H2,1-7H3,(H,30,37)(H,38,39). The molecule has 2 N–H and O–H groups in total. The van der Waals surface area contributed by atoms with Crippen LogP contribution in [0, 0.1) is 12.3 Å². The maximum atomic E-state index is 12.7. The minimum atomic E-state index is -0.892. The number of carbonyl (C=O) groups excluding carboxylic acids is 1. The van der Waals surface area contributed by atoms with E-state index >= 15 is 0 Å². The first-order valence-electron chi connectivity index (χ1n) is 13.1. The molecule has 0 saturated carbocycles. The van der Waals surface area contributed by atoms with Gasteiger partial charge in [0.05, 0.1) is 35.4 Å². The fourth-order valence-electron chi connectivity index (χ4n) is 4.75. The molecule has 1 saturated heterocycles. The zero-order chi connectivity index (χ0) is 28.5. The van der Waals surface area contributed by atoms with Crippen LogP contribution in [-0.2, 0) is 12.1 Å². The van der Waals surface area contributed by atoms with Crippen molar-refractivity contribution in [2.75, 3.05) is 24.5 Å². The predicted octanol–water partition coefficient (Wildman–Crippen LogP) is 3.94. The van der Waals surface area contributed by atoms with E-state index < -0.39 is 6.09 Å². The molecule has 1 aliphatic heterocycles. The number of anilines is 1. The van der Waals surface area contributed by atoms with E-state index in [4.69, 9.17) is 0 Å². The Morgan fingerprint density at radius 1 is 1.13 bits per heavy atom. The maximum absolute atomic E-state index is 12.7. The molecule has 1 unspecified atom stereocenters. The molecule has 0 spiro atoms. The van der Waals surface area contributed by atoms with Crippen molar-refractivity contribution in [1.29, 1.82) is 0 Å². The summed E-state index contributed by atoms with van der Waals surface area (Å²) < 4.78 is 1.67. The Labute approximate surface area is 229 Å². The lowest BCUT2D eigenvalue weighted by Crippen LogP contribution is -2.59. The van der Waals surface area contributed by atoms with E-state index in [0.29, 0.717) is 26.2 Å². The monoisotopic (exact) mass is 534 g/mol. The lowest BCUT2D eigenvalue weighted by molar-refractivity contribution is 0.0748. The van der Waals surface area contributed by atoms with Crippen LogP contribution < -0.4 is 10.2 Å². The minimum absolute atomic E-state index is 0.172. The summed E-state index contributed by atoms with van der Waals surface area (Å²) in [4.78, 5) is 37.1. The van der Waals surface area contributed by atoms with Crippen LogP contribution in [-0.4, -0.2) is 72.6 Å². The average Bonchev–Trinajstić information content (AvgIpc) is 3.38. The van der Waals surface area contributed by atoms with Crippen molar-refractivity contribution in [3.8, 4) is 11.3 Å². The van der Waals surface area contributed by atoms with Gasteiger partial charge in [-0.1, -0.05) is 38.1 Å². The number of hydrogen-bond donors (Lipinski definition) is 2. The summed E-state index contributed by atoms with van der Waals surface area (Å²) in [6.45, 7) is 16.1. The van der Waals surface area contributed by atoms with Gasteiger partial charge in [0.2, 0.25) is 0 Å². The van der Waals surface area contributed by atoms with Crippen molar-refractivity contribution in [3.05, 3.63) is 53.7 Å². The van der Waals surface area contributed by atoms with Gasteiger partial charge in [-0.2, -0.15) is 0 Å². The first kappa shape index (κ1) is 28.0. The Morgan fingerprint density at radius 2 is 1.87 bits per heavy atom.